The van der Waals surface area contributed by atoms with Gasteiger partial charge in [0.15, 0.2) is 0 Å². The highest BCUT2D eigenvalue weighted by atomic mass is 14.8. The Balaban J connectivity index is 2.10. The first-order valence-electron chi connectivity index (χ1n) is 5.46. The summed E-state index contributed by atoms with van der Waals surface area (Å²) < 4.78 is 0. The van der Waals surface area contributed by atoms with Crippen LogP contribution in [-0.4, -0.2) is 5.54 Å². The van der Waals surface area contributed by atoms with Gasteiger partial charge in [-0.2, -0.15) is 5.26 Å². The standard InChI is InChI=1S/C13H16N2/c1-2-10-4-3-5-11(6-10)12-7-13(15,8-12)9-14/h3-6,12H,2,7-8,15H2,1H3. The van der Waals surface area contributed by atoms with E-state index in [1.165, 1.54) is 11.1 Å². The maximum Gasteiger partial charge on any atom is 0.105 e. The van der Waals surface area contributed by atoms with Crippen molar-refractivity contribution in [2.75, 3.05) is 0 Å². The summed E-state index contributed by atoms with van der Waals surface area (Å²) in [6.45, 7) is 2.16. The van der Waals surface area contributed by atoms with Gasteiger partial charge in [-0.15, -0.1) is 0 Å². The van der Waals surface area contributed by atoms with Gasteiger partial charge >= 0.3 is 0 Å². The summed E-state index contributed by atoms with van der Waals surface area (Å²) in [5.41, 5.74) is 7.98. The van der Waals surface area contributed by atoms with Crippen LogP contribution in [0.1, 0.15) is 36.8 Å². The summed E-state index contributed by atoms with van der Waals surface area (Å²) in [4.78, 5) is 0. The molecule has 78 valence electrons. The first-order chi connectivity index (χ1) is 7.17. The Hall–Kier alpha value is -1.33. The normalized spacial score (nSPS) is 29.3. The number of aryl methyl sites for hydroxylation is 1. The maximum absolute atomic E-state index is 8.84. The maximum atomic E-state index is 8.84. The van der Waals surface area contributed by atoms with E-state index in [0.717, 1.165) is 19.3 Å². The van der Waals surface area contributed by atoms with Crippen LogP contribution in [0.5, 0.6) is 0 Å². The van der Waals surface area contributed by atoms with Gasteiger partial charge in [-0.1, -0.05) is 31.2 Å². The third-order valence-corrected chi connectivity index (χ3v) is 3.27. The Morgan fingerprint density at radius 1 is 1.53 bits per heavy atom. The van der Waals surface area contributed by atoms with Gasteiger partial charge in [0.05, 0.1) is 6.07 Å². The molecule has 15 heavy (non-hydrogen) atoms. The van der Waals surface area contributed by atoms with Crippen LogP contribution in [-0.2, 0) is 6.42 Å². The Labute approximate surface area is 90.7 Å². The number of benzene rings is 1. The molecule has 1 aliphatic rings. The van der Waals surface area contributed by atoms with E-state index in [1.54, 1.807) is 0 Å². The summed E-state index contributed by atoms with van der Waals surface area (Å²) in [6.07, 6.45) is 2.67. The van der Waals surface area contributed by atoms with Crippen molar-refractivity contribution in [1.82, 2.24) is 0 Å². The van der Waals surface area contributed by atoms with Crippen LogP contribution in [0.25, 0.3) is 0 Å². The Morgan fingerprint density at radius 2 is 2.27 bits per heavy atom. The topological polar surface area (TPSA) is 49.8 Å². The summed E-state index contributed by atoms with van der Waals surface area (Å²) in [6, 6.07) is 10.8. The molecule has 0 amide bonds. The van der Waals surface area contributed by atoms with Crippen LogP contribution >= 0.6 is 0 Å². The fourth-order valence-electron chi connectivity index (χ4n) is 2.21. The average Bonchev–Trinajstić information content (AvgIpc) is 2.25. The van der Waals surface area contributed by atoms with Crippen LogP contribution in [0.15, 0.2) is 24.3 Å². The molecule has 1 saturated carbocycles. The SMILES string of the molecule is CCc1cccc(C2CC(N)(C#N)C2)c1. The number of rotatable bonds is 2. The summed E-state index contributed by atoms with van der Waals surface area (Å²) in [5, 5.41) is 8.84. The Kier molecular flexibility index (Phi) is 2.50. The number of hydrogen-bond donors (Lipinski definition) is 1. The van der Waals surface area contributed by atoms with E-state index in [4.69, 9.17) is 11.0 Å². The van der Waals surface area contributed by atoms with Crippen molar-refractivity contribution in [3.05, 3.63) is 35.4 Å². The van der Waals surface area contributed by atoms with E-state index in [1.807, 2.05) is 0 Å². The molecule has 1 aromatic carbocycles. The molecule has 1 aliphatic carbocycles. The lowest BCUT2D eigenvalue weighted by molar-refractivity contribution is 0.274. The molecule has 0 atom stereocenters. The predicted octanol–water partition coefficient (Wildman–Crippen LogP) is 2.35. The average molecular weight is 200 g/mol. The molecule has 2 rings (SSSR count). The minimum absolute atomic E-state index is 0.487. The third-order valence-electron chi connectivity index (χ3n) is 3.27. The van der Waals surface area contributed by atoms with Gasteiger partial charge in [0, 0.05) is 0 Å². The molecule has 0 heterocycles. The highest BCUT2D eigenvalue weighted by Gasteiger charge is 2.41. The molecule has 0 saturated heterocycles. The van der Waals surface area contributed by atoms with Gasteiger partial charge in [0.2, 0.25) is 0 Å². The second kappa shape index (κ2) is 3.67. The molecule has 0 radical (unpaired) electrons. The molecule has 0 spiro atoms. The van der Waals surface area contributed by atoms with Crippen molar-refractivity contribution >= 4 is 0 Å². The van der Waals surface area contributed by atoms with E-state index >= 15 is 0 Å². The second-order valence-corrected chi connectivity index (χ2v) is 4.47. The molecule has 2 heteroatoms. The van der Waals surface area contributed by atoms with Crippen LogP contribution in [0.2, 0.25) is 0 Å². The number of nitriles is 1. The minimum atomic E-state index is -0.563. The summed E-state index contributed by atoms with van der Waals surface area (Å²) in [7, 11) is 0. The lowest BCUT2D eigenvalue weighted by Crippen LogP contribution is -2.49. The molecule has 0 aliphatic heterocycles. The van der Waals surface area contributed by atoms with Crippen LogP contribution in [0.3, 0.4) is 0 Å². The number of nitrogens with two attached hydrogens (primary N) is 1. The Bertz CT molecular complexity index is 397. The van der Waals surface area contributed by atoms with Crippen LogP contribution < -0.4 is 5.73 Å². The zero-order chi connectivity index (χ0) is 10.9. The smallest absolute Gasteiger partial charge is 0.105 e. The number of hydrogen-bond acceptors (Lipinski definition) is 2. The fourth-order valence-corrected chi connectivity index (χ4v) is 2.21. The second-order valence-electron chi connectivity index (χ2n) is 4.47. The van der Waals surface area contributed by atoms with E-state index in [-0.39, 0.29) is 0 Å². The monoisotopic (exact) mass is 200 g/mol. The fraction of sp³-hybridized carbons (Fsp3) is 0.462. The van der Waals surface area contributed by atoms with E-state index in [0.29, 0.717) is 5.92 Å². The molecule has 1 fully saturated rings. The van der Waals surface area contributed by atoms with Crippen molar-refractivity contribution in [1.29, 1.82) is 5.26 Å². The molecular weight excluding hydrogens is 184 g/mol. The van der Waals surface area contributed by atoms with Gasteiger partial charge in [-0.3, -0.25) is 0 Å². The summed E-state index contributed by atoms with van der Waals surface area (Å²) >= 11 is 0. The van der Waals surface area contributed by atoms with E-state index in [2.05, 4.69) is 37.3 Å². The van der Waals surface area contributed by atoms with Crippen molar-refractivity contribution in [3.63, 3.8) is 0 Å². The molecule has 1 aromatic rings. The predicted molar refractivity (Wildman–Crippen MR) is 60.3 cm³/mol. The number of nitrogens with zero attached hydrogens (tertiary/aromatic N) is 1. The highest BCUT2D eigenvalue weighted by molar-refractivity contribution is 5.32. The molecule has 0 aromatic heterocycles. The van der Waals surface area contributed by atoms with E-state index < -0.39 is 5.54 Å². The molecular formula is C13H16N2. The molecule has 0 bridgehead atoms. The minimum Gasteiger partial charge on any atom is -0.313 e. The molecule has 2 nitrogen and oxygen atoms in total. The van der Waals surface area contributed by atoms with Crippen LogP contribution in [0.4, 0.5) is 0 Å². The first kappa shape index (κ1) is 10.2. The molecule has 2 N–H and O–H groups in total. The summed E-state index contributed by atoms with van der Waals surface area (Å²) in [5.74, 6) is 0.487. The van der Waals surface area contributed by atoms with Gasteiger partial charge in [0.25, 0.3) is 0 Å². The highest BCUT2D eigenvalue weighted by Crippen LogP contribution is 2.42. The van der Waals surface area contributed by atoms with Gasteiger partial charge in [-0.05, 0) is 36.3 Å². The quantitative estimate of drug-likeness (QED) is 0.796. The van der Waals surface area contributed by atoms with Crippen molar-refractivity contribution in [2.24, 2.45) is 5.73 Å². The lowest BCUT2D eigenvalue weighted by Gasteiger charge is -2.39. The van der Waals surface area contributed by atoms with Crippen molar-refractivity contribution in [3.8, 4) is 6.07 Å². The van der Waals surface area contributed by atoms with Gasteiger partial charge < -0.3 is 5.73 Å². The zero-order valence-corrected chi connectivity index (χ0v) is 9.03. The van der Waals surface area contributed by atoms with Gasteiger partial charge in [0.1, 0.15) is 5.54 Å². The van der Waals surface area contributed by atoms with Crippen molar-refractivity contribution in [2.45, 2.75) is 37.6 Å². The van der Waals surface area contributed by atoms with Crippen LogP contribution in [0, 0.1) is 11.3 Å². The van der Waals surface area contributed by atoms with Gasteiger partial charge in [-0.25, -0.2) is 0 Å². The Morgan fingerprint density at radius 3 is 2.87 bits per heavy atom. The zero-order valence-electron chi connectivity index (χ0n) is 9.03. The largest absolute Gasteiger partial charge is 0.313 e. The van der Waals surface area contributed by atoms with Crippen molar-refractivity contribution < 1.29 is 0 Å². The first-order valence-corrected chi connectivity index (χ1v) is 5.46. The lowest BCUT2D eigenvalue weighted by atomic mass is 9.67. The van der Waals surface area contributed by atoms with E-state index in [9.17, 15) is 0 Å². The molecule has 0 unspecified atom stereocenters. The third kappa shape index (κ3) is 1.88.